The Kier molecular flexibility index (Phi) is 22.4. The number of phosphoric acid groups is 1. The van der Waals surface area contributed by atoms with E-state index in [9.17, 15) is 14.5 Å². The van der Waals surface area contributed by atoms with Crippen LogP contribution in [0.5, 0.6) is 0 Å². The lowest BCUT2D eigenvalue weighted by atomic mass is 9.82. The van der Waals surface area contributed by atoms with Gasteiger partial charge in [0.25, 0.3) is 0 Å². The van der Waals surface area contributed by atoms with E-state index in [0.29, 0.717) is 38.3 Å². The number of carbonyl (C=O) groups excluding carboxylic acids is 1. The Morgan fingerprint density at radius 3 is 1.57 bits per heavy atom. The lowest BCUT2D eigenvalue weighted by molar-refractivity contribution is -0.354. The van der Waals surface area contributed by atoms with Gasteiger partial charge in [0.1, 0.15) is 12.2 Å². The molecule has 6 unspecified atom stereocenters. The van der Waals surface area contributed by atoms with E-state index in [1.165, 1.54) is 0 Å². The van der Waals surface area contributed by atoms with Gasteiger partial charge in [0.2, 0.25) is 0 Å². The molecule has 4 aromatic carbocycles. The highest BCUT2D eigenvalue weighted by atomic mass is 31.2. The van der Waals surface area contributed by atoms with E-state index in [4.69, 9.17) is 57.2 Å². The molecule has 4 aromatic rings. The summed E-state index contributed by atoms with van der Waals surface area (Å²) in [6.07, 6.45) is -6.45. The number of aliphatic hydroxyl groups excluding tert-OH is 1. The molecule has 3 aliphatic heterocycles. The molecular formula is C56H78NO14P. The monoisotopic (exact) mass is 1020 g/mol. The largest absolute Gasteiger partial charge is 0.475 e. The molecule has 3 N–H and O–H groups in total. The predicted molar refractivity (Wildman–Crippen MR) is 272 cm³/mol. The number of phosphoric ester groups is 1. The number of carbonyl (C=O) groups is 1. The van der Waals surface area contributed by atoms with Crippen LogP contribution in [0, 0.1) is 35.5 Å². The van der Waals surface area contributed by atoms with Gasteiger partial charge in [-0.2, -0.15) is 0 Å². The van der Waals surface area contributed by atoms with E-state index in [0.717, 1.165) is 16.7 Å². The Morgan fingerprint density at radius 2 is 1.01 bits per heavy atom. The molecule has 7 rings (SSSR count). The van der Waals surface area contributed by atoms with Crippen LogP contribution in [-0.4, -0.2) is 99.5 Å². The van der Waals surface area contributed by atoms with Crippen LogP contribution in [0.2, 0.25) is 0 Å². The number of aliphatic hydroxyl groups is 1. The van der Waals surface area contributed by atoms with Crippen molar-refractivity contribution in [2.75, 3.05) is 33.0 Å². The first-order valence-corrected chi connectivity index (χ1v) is 26.5. The lowest BCUT2D eigenvalue weighted by Gasteiger charge is -2.49. The SMILES string of the molecule is C.C[C@@H]1C(COP(=O)(OCc2ccccc2)OCc2ccccc2)O[C@H](OC2[C@@H](OCC3O[C@H](OCCCN)C(OC(=O)c4ccccc4)[C@@H](C)[C@@H]3C)OC(COCc3ccccc3)[C@@H](C)[C@@H]2C)C(O)[C@H]1C. The standard InChI is InChI=1S/C55H74NO14P.CH4/c1-36-39(4)49(57)53(66-48(36)35-65-71(59,63-31-43-22-13-8-14-23-43)64-32-44-24-15-9-16-25-44)70-51-41(6)37(2)46(33-60-30-42-20-11-7-12-21-42)67-55(51)62-34-47-38(3)40(5)50(54(68-47)61-29-19-28-56)69-52(58)45-26-17-10-18-27-45;/h7-18,20-27,36-41,46-51,53-55,57H,19,28-35,56H2,1-6H3;1H4/t36-,37-,38-,39-,40-,41-,46?,47?,48?,49?,50?,51?,53+,54-,55-;/m0./s1. The van der Waals surface area contributed by atoms with E-state index in [1.54, 1.807) is 24.3 Å². The summed E-state index contributed by atoms with van der Waals surface area (Å²) in [6, 6.07) is 37.5. The van der Waals surface area contributed by atoms with Gasteiger partial charge in [0.05, 0.1) is 70.1 Å². The first kappa shape index (κ1) is 57.4. The van der Waals surface area contributed by atoms with Crippen LogP contribution in [0.3, 0.4) is 0 Å². The summed E-state index contributed by atoms with van der Waals surface area (Å²) in [4.78, 5) is 13.3. The maximum Gasteiger partial charge on any atom is 0.475 e. The van der Waals surface area contributed by atoms with Crippen molar-refractivity contribution in [1.82, 2.24) is 0 Å². The fraction of sp³-hybridized carbons (Fsp3) is 0.554. The van der Waals surface area contributed by atoms with Gasteiger partial charge >= 0.3 is 13.8 Å². The fourth-order valence-electron chi connectivity index (χ4n) is 9.09. The quantitative estimate of drug-likeness (QED) is 0.0384. The molecule has 3 fully saturated rings. The molecule has 396 valence electrons. The molecular weight excluding hydrogens is 942 g/mol. The summed E-state index contributed by atoms with van der Waals surface area (Å²) >= 11 is 0. The summed E-state index contributed by atoms with van der Waals surface area (Å²) in [5, 5.41) is 11.8. The fourth-order valence-corrected chi connectivity index (χ4v) is 10.3. The molecule has 0 spiro atoms. The molecule has 15 nitrogen and oxygen atoms in total. The van der Waals surface area contributed by atoms with Crippen LogP contribution >= 0.6 is 7.82 Å². The summed E-state index contributed by atoms with van der Waals surface area (Å²) in [7, 11) is -4.15. The van der Waals surface area contributed by atoms with Crippen molar-refractivity contribution in [3.05, 3.63) is 144 Å². The number of hydrogen-bond acceptors (Lipinski definition) is 15. The van der Waals surface area contributed by atoms with Gasteiger partial charge in [0.15, 0.2) is 25.0 Å². The Morgan fingerprint density at radius 1 is 0.556 bits per heavy atom. The minimum Gasteiger partial charge on any atom is -0.453 e. The van der Waals surface area contributed by atoms with Crippen molar-refractivity contribution in [2.24, 2.45) is 41.2 Å². The van der Waals surface area contributed by atoms with Gasteiger partial charge in [-0.3, -0.25) is 13.6 Å². The van der Waals surface area contributed by atoms with Gasteiger partial charge in [-0.15, -0.1) is 0 Å². The predicted octanol–water partition coefficient (Wildman–Crippen LogP) is 9.74. The van der Waals surface area contributed by atoms with Crippen molar-refractivity contribution in [3.8, 4) is 0 Å². The van der Waals surface area contributed by atoms with Gasteiger partial charge in [-0.05, 0) is 71.4 Å². The minimum absolute atomic E-state index is 0. The van der Waals surface area contributed by atoms with Crippen molar-refractivity contribution in [2.45, 2.75) is 131 Å². The van der Waals surface area contributed by atoms with E-state index in [-0.39, 0.29) is 75.5 Å². The smallest absolute Gasteiger partial charge is 0.453 e. The molecule has 3 saturated heterocycles. The molecule has 0 aliphatic carbocycles. The maximum absolute atomic E-state index is 14.3. The van der Waals surface area contributed by atoms with Crippen molar-refractivity contribution in [3.63, 3.8) is 0 Å². The molecule has 15 atom stereocenters. The van der Waals surface area contributed by atoms with E-state index >= 15 is 0 Å². The second kappa shape index (κ2) is 28.1. The van der Waals surface area contributed by atoms with E-state index in [2.05, 4.69) is 13.8 Å². The second-order valence-corrected chi connectivity index (χ2v) is 20.9. The molecule has 0 aromatic heterocycles. The highest BCUT2D eigenvalue weighted by molar-refractivity contribution is 7.48. The molecule has 0 bridgehead atoms. The third-order valence-corrected chi connectivity index (χ3v) is 15.8. The maximum atomic E-state index is 14.3. The highest BCUT2D eigenvalue weighted by Crippen LogP contribution is 2.52. The zero-order valence-corrected chi connectivity index (χ0v) is 42.7. The Hall–Kier alpha value is -3.90. The van der Waals surface area contributed by atoms with Crippen LogP contribution in [0.4, 0.5) is 0 Å². The first-order valence-electron chi connectivity index (χ1n) is 25.1. The summed E-state index contributed by atoms with van der Waals surface area (Å²) < 4.78 is 84.4. The zero-order valence-electron chi connectivity index (χ0n) is 41.9. The van der Waals surface area contributed by atoms with Gasteiger partial charge < -0.3 is 48.7 Å². The first-order chi connectivity index (χ1) is 34.3. The van der Waals surface area contributed by atoms with Crippen LogP contribution in [-0.2, 0) is 75.9 Å². The summed E-state index contributed by atoms with van der Waals surface area (Å²) in [6.45, 7) is 13.4. The molecule has 3 heterocycles. The number of nitrogens with two attached hydrogens (primary N) is 1. The second-order valence-electron chi connectivity index (χ2n) is 19.2. The van der Waals surface area contributed by atoms with E-state index < -0.39 is 63.2 Å². The third kappa shape index (κ3) is 15.6. The minimum atomic E-state index is -4.15. The average molecular weight is 1020 g/mol. The zero-order chi connectivity index (χ0) is 50.3. The highest BCUT2D eigenvalue weighted by Gasteiger charge is 2.50. The number of ether oxygens (including phenoxy) is 8. The molecule has 0 radical (unpaired) electrons. The summed E-state index contributed by atoms with van der Waals surface area (Å²) in [5.74, 6) is -1.65. The number of hydrogen-bond donors (Lipinski definition) is 2. The Labute approximate surface area is 426 Å². The Bertz CT molecular complexity index is 2170. The van der Waals surface area contributed by atoms with E-state index in [1.807, 2.05) is 125 Å². The molecule has 0 saturated carbocycles. The number of esters is 1. The topological polar surface area (TPSA) is 182 Å². The van der Waals surface area contributed by atoms with Crippen molar-refractivity contribution >= 4 is 13.8 Å². The van der Waals surface area contributed by atoms with Gasteiger partial charge in [0, 0.05) is 5.92 Å². The van der Waals surface area contributed by atoms with Crippen LogP contribution in [0.25, 0.3) is 0 Å². The summed E-state index contributed by atoms with van der Waals surface area (Å²) in [5.41, 5.74) is 8.90. The normalized spacial score (nSPS) is 30.8. The van der Waals surface area contributed by atoms with Crippen molar-refractivity contribution < 1.29 is 65.9 Å². The number of benzene rings is 4. The number of rotatable bonds is 24. The van der Waals surface area contributed by atoms with Crippen LogP contribution < -0.4 is 5.73 Å². The van der Waals surface area contributed by atoms with Gasteiger partial charge in [-0.1, -0.05) is 158 Å². The van der Waals surface area contributed by atoms with Gasteiger partial charge in [-0.25, -0.2) is 9.36 Å². The molecule has 3 aliphatic rings. The molecule has 0 amide bonds. The Balaban J connectivity index is 0.00000847. The molecule has 72 heavy (non-hydrogen) atoms. The van der Waals surface area contributed by atoms with Crippen LogP contribution in [0.15, 0.2) is 121 Å². The third-order valence-electron chi connectivity index (χ3n) is 14.4. The lowest BCUT2D eigenvalue weighted by Crippen LogP contribution is -2.59. The average Bonchev–Trinajstić information content (AvgIpc) is 3.39. The van der Waals surface area contributed by atoms with Crippen LogP contribution in [0.1, 0.15) is 82.4 Å². The molecule has 16 heteroatoms. The van der Waals surface area contributed by atoms with Crippen molar-refractivity contribution in [1.29, 1.82) is 0 Å².